The van der Waals surface area contributed by atoms with Gasteiger partial charge in [-0.2, -0.15) is 0 Å². The van der Waals surface area contributed by atoms with Gasteiger partial charge >= 0.3 is 0 Å². The highest BCUT2D eigenvalue weighted by Gasteiger charge is 2.16. The van der Waals surface area contributed by atoms with E-state index in [0.29, 0.717) is 10.9 Å². The molecule has 0 bridgehead atoms. The van der Waals surface area contributed by atoms with E-state index < -0.39 is 0 Å². The molecule has 1 heterocycles. The summed E-state index contributed by atoms with van der Waals surface area (Å²) in [7, 11) is 0. The van der Waals surface area contributed by atoms with Crippen LogP contribution in [0, 0.1) is 5.82 Å². The fourth-order valence-corrected chi connectivity index (χ4v) is 2.78. The van der Waals surface area contributed by atoms with Gasteiger partial charge in [0.2, 0.25) is 0 Å². The molecule has 0 fully saturated rings. The first kappa shape index (κ1) is 13.6. The van der Waals surface area contributed by atoms with Gasteiger partial charge in [-0.25, -0.2) is 4.39 Å². The van der Waals surface area contributed by atoms with Gasteiger partial charge in [-0.1, -0.05) is 23.5 Å². The number of halogens is 2. The smallest absolute Gasteiger partial charge is 0.137 e. The average Bonchev–Trinajstić information content (AvgIpc) is 2.88. The third-order valence-electron chi connectivity index (χ3n) is 2.63. The predicted octanol–water partition coefficient (Wildman–Crippen LogP) is 3.33. The van der Waals surface area contributed by atoms with Gasteiger partial charge in [-0.15, -0.1) is 5.10 Å². The Balaban J connectivity index is 2.21. The van der Waals surface area contributed by atoms with Crippen molar-refractivity contribution < 1.29 is 4.39 Å². The van der Waals surface area contributed by atoms with Crippen LogP contribution in [0.2, 0.25) is 0 Å². The van der Waals surface area contributed by atoms with Gasteiger partial charge in [0, 0.05) is 6.04 Å². The van der Waals surface area contributed by atoms with Crippen LogP contribution in [0.5, 0.6) is 0 Å². The maximum atomic E-state index is 13.5. The van der Waals surface area contributed by atoms with Crippen LogP contribution in [0.15, 0.2) is 28.9 Å². The number of aromatic nitrogens is 2. The van der Waals surface area contributed by atoms with Crippen molar-refractivity contribution in [3.05, 3.63) is 45.1 Å². The van der Waals surface area contributed by atoms with E-state index in [1.54, 1.807) is 12.3 Å². The van der Waals surface area contributed by atoms with Gasteiger partial charge in [0.05, 0.1) is 15.5 Å². The largest absolute Gasteiger partial charge is 0.309 e. The van der Waals surface area contributed by atoms with E-state index in [9.17, 15) is 4.39 Å². The van der Waals surface area contributed by atoms with Crippen LogP contribution in [-0.4, -0.2) is 16.1 Å². The summed E-state index contributed by atoms with van der Waals surface area (Å²) in [4.78, 5) is 1.06. The lowest BCUT2D eigenvalue weighted by Gasteiger charge is -2.16. The summed E-state index contributed by atoms with van der Waals surface area (Å²) in [6.45, 7) is 2.89. The first-order valence-electron chi connectivity index (χ1n) is 5.66. The van der Waals surface area contributed by atoms with Crippen LogP contribution in [0.4, 0.5) is 4.39 Å². The summed E-state index contributed by atoms with van der Waals surface area (Å²) < 4.78 is 17.9. The highest BCUT2D eigenvalue weighted by molar-refractivity contribution is 9.10. The van der Waals surface area contributed by atoms with Gasteiger partial charge in [-0.3, -0.25) is 0 Å². The summed E-state index contributed by atoms with van der Waals surface area (Å²) in [5, 5.41) is 7.22. The van der Waals surface area contributed by atoms with Crippen molar-refractivity contribution >= 4 is 27.5 Å². The SMILES string of the molecule is CCNC(Cc1cccc(F)c1Br)c1cnns1. The first-order valence-corrected chi connectivity index (χ1v) is 7.22. The molecule has 0 aliphatic rings. The van der Waals surface area contributed by atoms with Crippen molar-refractivity contribution in [2.24, 2.45) is 0 Å². The fourth-order valence-electron chi connectivity index (χ4n) is 1.77. The first-order chi connectivity index (χ1) is 8.72. The number of rotatable bonds is 5. The predicted molar refractivity (Wildman–Crippen MR) is 74.1 cm³/mol. The molecule has 0 saturated heterocycles. The van der Waals surface area contributed by atoms with Gasteiger partial charge in [-0.05, 0) is 52.1 Å². The van der Waals surface area contributed by atoms with Crippen molar-refractivity contribution in [3.63, 3.8) is 0 Å². The third kappa shape index (κ3) is 3.13. The van der Waals surface area contributed by atoms with Crippen LogP contribution in [0.1, 0.15) is 23.4 Å². The summed E-state index contributed by atoms with van der Waals surface area (Å²) in [6.07, 6.45) is 2.46. The molecule has 0 amide bonds. The number of nitrogens with one attached hydrogen (secondary N) is 1. The van der Waals surface area contributed by atoms with Crippen molar-refractivity contribution in [3.8, 4) is 0 Å². The van der Waals surface area contributed by atoms with E-state index in [1.165, 1.54) is 17.6 Å². The number of hydrogen-bond acceptors (Lipinski definition) is 4. The fraction of sp³-hybridized carbons (Fsp3) is 0.333. The molecule has 0 aliphatic carbocycles. The van der Waals surface area contributed by atoms with E-state index in [2.05, 4.69) is 30.8 Å². The molecule has 0 saturated carbocycles. The van der Waals surface area contributed by atoms with Gasteiger partial charge in [0.15, 0.2) is 0 Å². The molecule has 3 nitrogen and oxygen atoms in total. The van der Waals surface area contributed by atoms with Crippen LogP contribution >= 0.6 is 27.5 Å². The Bertz CT molecular complexity index is 504. The van der Waals surface area contributed by atoms with Crippen molar-refractivity contribution in [2.75, 3.05) is 6.54 Å². The zero-order valence-corrected chi connectivity index (χ0v) is 12.3. The molecule has 2 aromatic rings. The standard InChI is InChI=1S/C12H13BrFN3S/c1-2-15-10(11-7-16-17-18-11)6-8-4-3-5-9(14)12(8)13/h3-5,7,10,15H,2,6H2,1H3. The number of nitrogens with zero attached hydrogens (tertiary/aromatic N) is 2. The topological polar surface area (TPSA) is 37.8 Å². The van der Waals surface area contributed by atoms with Crippen LogP contribution in [-0.2, 0) is 6.42 Å². The van der Waals surface area contributed by atoms with Gasteiger partial charge in [0.25, 0.3) is 0 Å². The van der Waals surface area contributed by atoms with E-state index >= 15 is 0 Å². The summed E-state index contributed by atoms with van der Waals surface area (Å²) in [6, 6.07) is 5.22. The normalized spacial score (nSPS) is 12.6. The Hall–Kier alpha value is -0.850. The Morgan fingerprint density at radius 2 is 2.33 bits per heavy atom. The molecule has 0 spiro atoms. The van der Waals surface area contributed by atoms with Crippen molar-refractivity contribution in [2.45, 2.75) is 19.4 Å². The number of benzene rings is 1. The molecule has 1 atom stereocenters. The lowest BCUT2D eigenvalue weighted by Crippen LogP contribution is -2.22. The second-order valence-corrected chi connectivity index (χ2v) is 5.46. The number of hydrogen-bond donors (Lipinski definition) is 1. The molecule has 0 aliphatic heterocycles. The van der Waals surface area contributed by atoms with Crippen molar-refractivity contribution in [1.82, 2.24) is 14.9 Å². The van der Waals surface area contributed by atoms with Crippen LogP contribution in [0.25, 0.3) is 0 Å². The van der Waals surface area contributed by atoms with E-state index in [0.717, 1.165) is 17.0 Å². The Morgan fingerprint density at radius 1 is 1.50 bits per heavy atom. The lowest BCUT2D eigenvalue weighted by molar-refractivity contribution is 0.551. The van der Waals surface area contributed by atoms with E-state index in [1.807, 2.05) is 13.0 Å². The number of likely N-dealkylation sites (N-methyl/N-ethyl adjacent to an activating group) is 1. The molecule has 1 aromatic heterocycles. The summed E-state index contributed by atoms with van der Waals surface area (Å²) in [5.74, 6) is -0.231. The minimum Gasteiger partial charge on any atom is -0.309 e. The maximum absolute atomic E-state index is 13.5. The Kier molecular flexibility index (Phi) is 4.79. The second-order valence-electron chi connectivity index (χ2n) is 3.85. The lowest BCUT2D eigenvalue weighted by atomic mass is 10.0. The molecule has 1 unspecified atom stereocenters. The molecule has 1 aromatic carbocycles. The van der Waals surface area contributed by atoms with E-state index in [-0.39, 0.29) is 11.9 Å². The van der Waals surface area contributed by atoms with Gasteiger partial charge < -0.3 is 5.32 Å². The maximum Gasteiger partial charge on any atom is 0.137 e. The molecule has 96 valence electrons. The molecular weight excluding hydrogens is 317 g/mol. The minimum absolute atomic E-state index is 0.119. The monoisotopic (exact) mass is 329 g/mol. The zero-order valence-electron chi connectivity index (χ0n) is 9.86. The molecule has 1 N–H and O–H groups in total. The molecule has 18 heavy (non-hydrogen) atoms. The molecule has 6 heteroatoms. The quantitative estimate of drug-likeness (QED) is 0.914. The van der Waals surface area contributed by atoms with Crippen molar-refractivity contribution in [1.29, 1.82) is 0 Å². The second kappa shape index (κ2) is 6.36. The Labute approximate surface area is 118 Å². The highest BCUT2D eigenvalue weighted by atomic mass is 79.9. The highest BCUT2D eigenvalue weighted by Crippen LogP contribution is 2.26. The molecule has 2 rings (SSSR count). The Morgan fingerprint density at radius 3 is 3.00 bits per heavy atom. The summed E-state index contributed by atoms with van der Waals surface area (Å²) in [5.41, 5.74) is 0.939. The summed E-state index contributed by atoms with van der Waals surface area (Å²) >= 11 is 4.66. The van der Waals surface area contributed by atoms with Gasteiger partial charge in [0.1, 0.15) is 5.82 Å². The molecule has 0 radical (unpaired) electrons. The van der Waals surface area contributed by atoms with Crippen LogP contribution in [0.3, 0.4) is 0 Å². The minimum atomic E-state index is -0.231. The van der Waals surface area contributed by atoms with Crippen LogP contribution < -0.4 is 5.32 Å². The third-order valence-corrected chi connectivity index (χ3v) is 4.29. The van der Waals surface area contributed by atoms with E-state index in [4.69, 9.17) is 0 Å². The zero-order chi connectivity index (χ0) is 13.0. The average molecular weight is 330 g/mol. The molecular formula is C12H13BrFN3S.